The normalized spacial score (nSPS) is 10.7. The number of aryl methyl sites for hydroxylation is 2. The van der Waals surface area contributed by atoms with Gasteiger partial charge < -0.3 is 5.32 Å². The first-order chi connectivity index (χ1) is 11.4. The van der Waals surface area contributed by atoms with Gasteiger partial charge >= 0.3 is 0 Å². The Hall–Kier alpha value is -3.02. The maximum atomic E-state index is 13.3. The van der Waals surface area contributed by atoms with Crippen molar-refractivity contribution in [3.05, 3.63) is 70.9 Å². The Balaban J connectivity index is 1.95. The topological polar surface area (TPSA) is 57.8 Å². The summed E-state index contributed by atoms with van der Waals surface area (Å²) in [6, 6.07) is 10.4. The minimum atomic E-state index is -0.808. The van der Waals surface area contributed by atoms with Crippen LogP contribution >= 0.6 is 0 Å². The molecule has 0 atom stereocenters. The van der Waals surface area contributed by atoms with E-state index in [4.69, 9.17) is 0 Å². The highest BCUT2D eigenvalue weighted by Crippen LogP contribution is 2.30. The SMILES string of the molecule is Cc1cccc(-c2c(NC(=O)c3cc(F)cc(F)c3)n[nH]c2C)c1. The summed E-state index contributed by atoms with van der Waals surface area (Å²) < 4.78 is 26.6. The van der Waals surface area contributed by atoms with Crippen molar-refractivity contribution in [3.63, 3.8) is 0 Å². The number of halogens is 2. The molecule has 2 aromatic carbocycles. The Morgan fingerprint density at radius 2 is 1.79 bits per heavy atom. The summed E-state index contributed by atoms with van der Waals surface area (Å²) in [6.07, 6.45) is 0. The molecule has 0 spiro atoms. The van der Waals surface area contributed by atoms with E-state index in [1.54, 1.807) is 0 Å². The van der Waals surface area contributed by atoms with Crippen LogP contribution in [-0.2, 0) is 0 Å². The Bertz CT molecular complexity index is 898. The van der Waals surface area contributed by atoms with Gasteiger partial charge in [-0.2, -0.15) is 5.10 Å². The van der Waals surface area contributed by atoms with Gasteiger partial charge in [0.1, 0.15) is 11.6 Å². The molecule has 0 fully saturated rings. The van der Waals surface area contributed by atoms with Gasteiger partial charge in [0.15, 0.2) is 5.82 Å². The summed E-state index contributed by atoms with van der Waals surface area (Å²) in [5.74, 6) is -1.93. The van der Waals surface area contributed by atoms with Crippen molar-refractivity contribution in [2.24, 2.45) is 0 Å². The average Bonchev–Trinajstić information content (AvgIpc) is 2.87. The van der Waals surface area contributed by atoms with Crippen LogP contribution in [0.1, 0.15) is 21.6 Å². The highest BCUT2D eigenvalue weighted by Gasteiger charge is 2.17. The van der Waals surface area contributed by atoms with E-state index in [1.165, 1.54) is 0 Å². The lowest BCUT2D eigenvalue weighted by molar-refractivity contribution is 0.102. The summed E-state index contributed by atoms with van der Waals surface area (Å²) in [6.45, 7) is 3.80. The number of H-pyrrole nitrogens is 1. The van der Waals surface area contributed by atoms with Gasteiger partial charge in [0, 0.05) is 22.9 Å². The molecule has 0 aliphatic rings. The molecule has 2 N–H and O–H groups in total. The molecule has 0 aliphatic heterocycles. The Kier molecular flexibility index (Phi) is 4.12. The minimum absolute atomic E-state index is 0.108. The molecule has 1 heterocycles. The van der Waals surface area contributed by atoms with Gasteiger partial charge in [0.05, 0.1) is 0 Å². The van der Waals surface area contributed by atoms with Gasteiger partial charge in [0.2, 0.25) is 0 Å². The number of aromatic amines is 1. The lowest BCUT2D eigenvalue weighted by Gasteiger charge is -2.07. The van der Waals surface area contributed by atoms with Crippen molar-refractivity contribution in [2.75, 3.05) is 5.32 Å². The summed E-state index contributed by atoms with van der Waals surface area (Å²) in [4.78, 5) is 12.3. The van der Waals surface area contributed by atoms with Gasteiger partial charge in [-0.25, -0.2) is 8.78 Å². The zero-order valence-electron chi connectivity index (χ0n) is 13.2. The van der Waals surface area contributed by atoms with E-state index in [9.17, 15) is 13.6 Å². The van der Waals surface area contributed by atoms with E-state index in [0.717, 1.165) is 34.5 Å². The van der Waals surface area contributed by atoms with Crippen molar-refractivity contribution in [2.45, 2.75) is 13.8 Å². The van der Waals surface area contributed by atoms with E-state index in [2.05, 4.69) is 15.5 Å². The molecule has 3 aromatic rings. The molecule has 1 aromatic heterocycles. The molecule has 3 rings (SSSR count). The number of rotatable bonds is 3. The highest BCUT2D eigenvalue weighted by atomic mass is 19.1. The fourth-order valence-corrected chi connectivity index (χ4v) is 2.54. The zero-order valence-corrected chi connectivity index (χ0v) is 13.2. The second kappa shape index (κ2) is 6.23. The third kappa shape index (κ3) is 3.17. The quantitative estimate of drug-likeness (QED) is 0.756. The molecule has 0 bridgehead atoms. The lowest BCUT2D eigenvalue weighted by Crippen LogP contribution is -2.13. The predicted octanol–water partition coefficient (Wildman–Crippen LogP) is 4.22. The van der Waals surface area contributed by atoms with Crippen molar-refractivity contribution in [3.8, 4) is 11.1 Å². The third-order valence-electron chi connectivity index (χ3n) is 3.61. The number of benzene rings is 2. The summed E-state index contributed by atoms with van der Waals surface area (Å²) in [7, 11) is 0. The van der Waals surface area contributed by atoms with Crippen molar-refractivity contribution >= 4 is 11.7 Å². The van der Waals surface area contributed by atoms with Gasteiger partial charge in [-0.1, -0.05) is 29.8 Å². The van der Waals surface area contributed by atoms with Gasteiger partial charge in [0.25, 0.3) is 5.91 Å². The standard InChI is InChI=1S/C18H15F2N3O/c1-10-4-3-5-12(6-10)16-11(2)22-23-17(16)21-18(24)13-7-14(19)9-15(20)8-13/h3-9H,1-2H3,(H2,21,22,23,24). The first-order valence-electron chi connectivity index (χ1n) is 7.33. The fourth-order valence-electron chi connectivity index (χ4n) is 2.54. The molecular formula is C18H15F2N3O. The molecule has 24 heavy (non-hydrogen) atoms. The zero-order chi connectivity index (χ0) is 17.3. The van der Waals surface area contributed by atoms with Crippen LogP contribution in [0.5, 0.6) is 0 Å². The van der Waals surface area contributed by atoms with Crippen LogP contribution < -0.4 is 5.32 Å². The number of hydrogen-bond donors (Lipinski definition) is 2. The Labute approximate surface area is 137 Å². The van der Waals surface area contributed by atoms with E-state index in [0.29, 0.717) is 11.9 Å². The number of anilines is 1. The first kappa shape index (κ1) is 15.9. The Morgan fingerprint density at radius 1 is 1.08 bits per heavy atom. The van der Waals surface area contributed by atoms with Crippen molar-refractivity contribution in [1.82, 2.24) is 10.2 Å². The van der Waals surface area contributed by atoms with Crippen LogP contribution in [0.15, 0.2) is 42.5 Å². The summed E-state index contributed by atoms with van der Waals surface area (Å²) in [5.41, 5.74) is 3.37. The number of aromatic nitrogens is 2. The number of carbonyl (C=O) groups excluding carboxylic acids is 1. The van der Waals surface area contributed by atoms with E-state index >= 15 is 0 Å². The minimum Gasteiger partial charge on any atom is -0.305 e. The van der Waals surface area contributed by atoms with Crippen LogP contribution in [0.25, 0.3) is 11.1 Å². The monoisotopic (exact) mass is 327 g/mol. The van der Waals surface area contributed by atoms with E-state index in [1.807, 2.05) is 38.1 Å². The van der Waals surface area contributed by atoms with Crippen LogP contribution in [0.4, 0.5) is 14.6 Å². The van der Waals surface area contributed by atoms with Crippen LogP contribution in [0, 0.1) is 25.5 Å². The molecule has 0 saturated heterocycles. The van der Waals surface area contributed by atoms with Gasteiger partial charge in [-0.3, -0.25) is 9.89 Å². The number of nitrogens with one attached hydrogen (secondary N) is 2. The highest BCUT2D eigenvalue weighted by molar-refractivity contribution is 6.05. The maximum Gasteiger partial charge on any atom is 0.257 e. The second-order valence-corrected chi connectivity index (χ2v) is 5.55. The molecule has 122 valence electrons. The molecule has 0 radical (unpaired) electrons. The van der Waals surface area contributed by atoms with E-state index < -0.39 is 17.5 Å². The van der Waals surface area contributed by atoms with Crippen LogP contribution in [0.3, 0.4) is 0 Å². The number of nitrogens with zero attached hydrogens (tertiary/aromatic N) is 1. The van der Waals surface area contributed by atoms with E-state index in [-0.39, 0.29) is 5.56 Å². The maximum absolute atomic E-state index is 13.3. The number of carbonyl (C=O) groups is 1. The fraction of sp³-hybridized carbons (Fsp3) is 0.111. The summed E-state index contributed by atoms with van der Waals surface area (Å²) >= 11 is 0. The van der Waals surface area contributed by atoms with Crippen molar-refractivity contribution < 1.29 is 13.6 Å². The molecule has 6 heteroatoms. The molecule has 0 saturated carbocycles. The number of amides is 1. The molecule has 1 amide bonds. The van der Waals surface area contributed by atoms with Gasteiger partial charge in [-0.15, -0.1) is 0 Å². The van der Waals surface area contributed by atoms with Crippen LogP contribution in [0.2, 0.25) is 0 Å². The summed E-state index contributed by atoms with van der Waals surface area (Å²) in [5, 5.41) is 9.51. The first-order valence-corrected chi connectivity index (χ1v) is 7.33. The molecule has 0 aliphatic carbocycles. The van der Waals surface area contributed by atoms with Gasteiger partial charge in [-0.05, 0) is 31.5 Å². The largest absolute Gasteiger partial charge is 0.305 e. The smallest absolute Gasteiger partial charge is 0.257 e. The second-order valence-electron chi connectivity index (χ2n) is 5.55. The molecule has 0 unspecified atom stereocenters. The molecular weight excluding hydrogens is 312 g/mol. The third-order valence-corrected chi connectivity index (χ3v) is 3.61. The predicted molar refractivity (Wildman–Crippen MR) is 87.8 cm³/mol. The Morgan fingerprint density at radius 3 is 2.46 bits per heavy atom. The van der Waals surface area contributed by atoms with Crippen LogP contribution in [-0.4, -0.2) is 16.1 Å². The average molecular weight is 327 g/mol. The van der Waals surface area contributed by atoms with Crippen molar-refractivity contribution in [1.29, 1.82) is 0 Å². The number of hydrogen-bond acceptors (Lipinski definition) is 2. The molecule has 4 nitrogen and oxygen atoms in total. The lowest BCUT2D eigenvalue weighted by atomic mass is 10.0.